The van der Waals surface area contributed by atoms with E-state index in [-0.39, 0.29) is 13.2 Å². The summed E-state index contributed by atoms with van der Waals surface area (Å²) in [5.74, 6) is 1.47. The van der Waals surface area contributed by atoms with Gasteiger partial charge in [-0.25, -0.2) is 9.97 Å². The van der Waals surface area contributed by atoms with Gasteiger partial charge in [0.2, 0.25) is 0 Å². The molecule has 1 heterocycles. The fourth-order valence-corrected chi connectivity index (χ4v) is 1.89. The molecule has 0 saturated carbocycles. The lowest BCUT2D eigenvalue weighted by molar-refractivity contribution is 0.280. The van der Waals surface area contributed by atoms with Crippen LogP contribution < -0.4 is 10.2 Å². The van der Waals surface area contributed by atoms with Crippen LogP contribution in [0.1, 0.15) is 6.92 Å². The minimum atomic E-state index is 0.0230. The molecule has 1 aromatic heterocycles. The maximum atomic E-state index is 9.04. The van der Waals surface area contributed by atoms with Crippen molar-refractivity contribution in [1.29, 1.82) is 0 Å². The van der Waals surface area contributed by atoms with E-state index in [1.165, 1.54) is 11.8 Å². The van der Waals surface area contributed by atoms with Gasteiger partial charge in [-0.3, -0.25) is 0 Å². The highest BCUT2D eigenvalue weighted by Gasteiger charge is 2.10. The van der Waals surface area contributed by atoms with E-state index in [1.54, 1.807) is 0 Å². The van der Waals surface area contributed by atoms with Gasteiger partial charge in [-0.15, -0.1) is 0 Å². The van der Waals surface area contributed by atoms with Crippen LogP contribution in [0.4, 0.5) is 11.6 Å². The lowest BCUT2D eigenvalue weighted by Gasteiger charge is -2.22. The monoisotopic (exact) mass is 272 g/mol. The molecule has 0 aliphatic heterocycles. The van der Waals surface area contributed by atoms with Crippen molar-refractivity contribution in [3.05, 3.63) is 6.07 Å². The van der Waals surface area contributed by atoms with E-state index in [2.05, 4.69) is 15.3 Å². The summed E-state index contributed by atoms with van der Waals surface area (Å²) >= 11 is 1.46. The third-order valence-electron chi connectivity index (χ3n) is 2.30. The molecule has 102 valence electrons. The van der Waals surface area contributed by atoms with Crippen LogP contribution in [0.3, 0.4) is 0 Å². The number of hydrogen-bond donors (Lipinski definition) is 3. The number of nitrogens with zero attached hydrogens (tertiary/aromatic N) is 3. The third-order valence-corrected chi connectivity index (χ3v) is 2.84. The first-order valence-electron chi connectivity index (χ1n) is 5.88. The Bertz CT molecular complexity index is 359. The van der Waals surface area contributed by atoms with Crippen molar-refractivity contribution < 1.29 is 10.2 Å². The average Bonchev–Trinajstić information content (AvgIpc) is 2.38. The Kier molecular flexibility index (Phi) is 6.77. The second-order valence-corrected chi connectivity index (χ2v) is 4.34. The van der Waals surface area contributed by atoms with Crippen LogP contribution in [0.5, 0.6) is 0 Å². The van der Waals surface area contributed by atoms with Crippen LogP contribution in [-0.2, 0) is 0 Å². The maximum Gasteiger partial charge on any atom is 0.191 e. The smallest absolute Gasteiger partial charge is 0.191 e. The Morgan fingerprint density at radius 1 is 1.28 bits per heavy atom. The summed E-state index contributed by atoms with van der Waals surface area (Å²) in [4.78, 5) is 10.6. The van der Waals surface area contributed by atoms with Gasteiger partial charge in [0, 0.05) is 25.7 Å². The van der Waals surface area contributed by atoms with Crippen molar-refractivity contribution in [2.75, 3.05) is 49.3 Å². The van der Waals surface area contributed by atoms with Crippen LogP contribution >= 0.6 is 11.8 Å². The number of aliphatic hydroxyl groups is 2. The first kappa shape index (κ1) is 15.0. The Labute approximate surface area is 111 Å². The molecule has 0 fully saturated rings. The molecule has 3 N–H and O–H groups in total. The fraction of sp³-hybridized carbons (Fsp3) is 0.636. The predicted octanol–water partition coefficient (Wildman–Crippen LogP) is 0.421. The summed E-state index contributed by atoms with van der Waals surface area (Å²) in [6.45, 7) is 3.71. The molecule has 0 unspecified atom stereocenters. The van der Waals surface area contributed by atoms with Gasteiger partial charge in [0.05, 0.1) is 13.2 Å². The van der Waals surface area contributed by atoms with Crippen molar-refractivity contribution in [2.24, 2.45) is 0 Å². The van der Waals surface area contributed by atoms with Crippen LogP contribution in [0.25, 0.3) is 0 Å². The molecule has 1 rings (SSSR count). The largest absolute Gasteiger partial charge is 0.395 e. The molecule has 1 aromatic rings. The van der Waals surface area contributed by atoms with Crippen molar-refractivity contribution >= 4 is 23.4 Å². The summed E-state index contributed by atoms with van der Waals surface area (Å²) in [6, 6.07) is 1.83. The van der Waals surface area contributed by atoms with Gasteiger partial charge in [-0.05, 0) is 13.2 Å². The highest BCUT2D eigenvalue weighted by atomic mass is 32.2. The molecule has 6 nitrogen and oxygen atoms in total. The molecule has 0 aromatic carbocycles. The van der Waals surface area contributed by atoms with Gasteiger partial charge in [-0.1, -0.05) is 11.8 Å². The molecule has 0 saturated heterocycles. The topological polar surface area (TPSA) is 81.5 Å². The van der Waals surface area contributed by atoms with Gasteiger partial charge in [0.25, 0.3) is 0 Å². The lowest BCUT2D eigenvalue weighted by Crippen LogP contribution is -2.30. The van der Waals surface area contributed by atoms with E-state index in [0.29, 0.717) is 24.1 Å². The number of aliphatic hydroxyl groups excluding tert-OH is 2. The number of hydrogen-bond acceptors (Lipinski definition) is 7. The Hall–Kier alpha value is -1.05. The number of anilines is 2. The van der Waals surface area contributed by atoms with Gasteiger partial charge in [-0.2, -0.15) is 0 Å². The molecule has 0 spiro atoms. The number of rotatable bonds is 8. The summed E-state index contributed by atoms with van der Waals surface area (Å²) in [5.41, 5.74) is 0. The number of nitrogens with one attached hydrogen (secondary N) is 1. The molecule has 0 atom stereocenters. The molecule has 0 aliphatic rings. The van der Waals surface area contributed by atoms with Gasteiger partial charge in [0.1, 0.15) is 11.6 Å². The summed E-state index contributed by atoms with van der Waals surface area (Å²) in [5, 5.41) is 21.9. The first-order valence-corrected chi connectivity index (χ1v) is 7.11. The second-order valence-electron chi connectivity index (χ2n) is 3.56. The Morgan fingerprint density at radius 3 is 2.44 bits per heavy atom. The molecular formula is C11H20N4O2S. The zero-order valence-corrected chi connectivity index (χ0v) is 11.6. The van der Waals surface area contributed by atoms with Gasteiger partial charge in [0.15, 0.2) is 5.16 Å². The van der Waals surface area contributed by atoms with Gasteiger partial charge >= 0.3 is 0 Å². The van der Waals surface area contributed by atoms with Crippen molar-refractivity contribution in [2.45, 2.75) is 12.1 Å². The molecular weight excluding hydrogens is 252 g/mol. The van der Waals surface area contributed by atoms with E-state index in [1.807, 2.05) is 24.1 Å². The van der Waals surface area contributed by atoms with Crippen LogP contribution in [0, 0.1) is 0 Å². The van der Waals surface area contributed by atoms with Crippen molar-refractivity contribution in [3.8, 4) is 0 Å². The van der Waals surface area contributed by atoms with E-state index >= 15 is 0 Å². The van der Waals surface area contributed by atoms with E-state index in [0.717, 1.165) is 12.4 Å². The predicted molar refractivity (Wildman–Crippen MR) is 74.4 cm³/mol. The van der Waals surface area contributed by atoms with Gasteiger partial charge < -0.3 is 20.4 Å². The minimum Gasteiger partial charge on any atom is -0.395 e. The average molecular weight is 272 g/mol. The quantitative estimate of drug-likeness (QED) is 0.467. The normalized spacial score (nSPS) is 10.4. The zero-order valence-electron chi connectivity index (χ0n) is 10.8. The van der Waals surface area contributed by atoms with E-state index < -0.39 is 0 Å². The minimum absolute atomic E-state index is 0.0230. The second kappa shape index (κ2) is 8.12. The zero-order chi connectivity index (χ0) is 13.4. The molecule has 18 heavy (non-hydrogen) atoms. The van der Waals surface area contributed by atoms with Crippen molar-refractivity contribution in [1.82, 2.24) is 9.97 Å². The Balaban J connectivity index is 2.99. The van der Waals surface area contributed by atoms with E-state index in [4.69, 9.17) is 10.2 Å². The Morgan fingerprint density at radius 2 is 1.94 bits per heavy atom. The van der Waals surface area contributed by atoms with Crippen molar-refractivity contribution in [3.63, 3.8) is 0 Å². The van der Waals surface area contributed by atoms with Crippen LogP contribution in [-0.4, -0.2) is 59.3 Å². The SMILES string of the molecule is CCNc1cc(N(CCO)CCO)nc(SC)n1. The summed E-state index contributed by atoms with van der Waals surface area (Å²) in [6.07, 6.45) is 1.91. The van der Waals surface area contributed by atoms with Crippen LogP contribution in [0.2, 0.25) is 0 Å². The molecule has 0 aliphatic carbocycles. The standard InChI is InChI=1S/C11H20N4O2S/c1-3-12-9-8-10(14-11(13-9)18-2)15(4-6-16)5-7-17/h8,16-17H,3-7H2,1-2H3,(H,12,13,14). The number of thioether (sulfide) groups is 1. The first-order chi connectivity index (χ1) is 8.74. The summed E-state index contributed by atoms with van der Waals surface area (Å²) < 4.78 is 0. The van der Waals surface area contributed by atoms with Crippen LogP contribution in [0.15, 0.2) is 11.2 Å². The molecule has 0 amide bonds. The molecule has 7 heteroatoms. The molecule has 0 radical (unpaired) electrons. The van der Waals surface area contributed by atoms with E-state index in [9.17, 15) is 0 Å². The highest BCUT2D eigenvalue weighted by Crippen LogP contribution is 2.20. The summed E-state index contributed by atoms with van der Waals surface area (Å²) in [7, 11) is 0. The maximum absolute atomic E-state index is 9.04. The highest BCUT2D eigenvalue weighted by molar-refractivity contribution is 7.98. The third kappa shape index (κ3) is 4.32. The fourth-order valence-electron chi connectivity index (χ4n) is 1.52. The lowest BCUT2D eigenvalue weighted by atomic mass is 10.4. The molecule has 0 bridgehead atoms. The number of aromatic nitrogens is 2.